The molecule has 5 heterocycles. The van der Waals surface area contributed by atoms with Crippen molar-refractivity contribution in [1.82, 2.24) is 24.8 Å². The number of rotatable bonds is 4. The number of ether oxygens (including phenoxy) is 1. The van der Waals surface area contributed by atoms with Gasteiger partial charge in [-0.2, -0.15) is 13.2 Å². The van der Waals surface area contributed by atoms with Gasteiger partial charge in [0.2, 0.25) is 5.88 Å². The maximum Gasteiger partial charge on any atom is 0.417 e. The molecular formula is C24H21F4N5O2. The number of hydrogen-bond donors (Lipinski definition) is 0. The molecule has 0 unspecified atom stereocenters. The highest BCUT2D eigenvalue weighted by atomic mass is 19.4. The van der Waals surface area contributed by atoms with E-state index < -0.39 is 23.7 Å². The van der Waals surface area contributed by atoms with Gasteiger partial charge in [-0.05, 0) is 49.8 Å². The van der Waals surface area contributed by atoms with Crippen LogP contribution in [0.2, 0.25) is 0 Å². The van der Waals surface area contributed by atoms with Gasteiger partial charge >= 0.3 is 6.18 Å². The van der Waals surface area contributed by atoms with Crippen molar-refractivity contribution in [3.8, 4) is 17.3 Å². The van der Waals surface area contributed by atoms with E-state index in [4.69, 9.17) is 4.74 Å². The van der Waals surface area contributed by atoms with Crippen molar-refractivity contribution in [2.24, 2.45) is 5.92 Å². The number of pyridine rings is 2. The zero-order valence-electron chi connectivity index (χ0n) is 18.7. The van der Waals surface area contributed by atoms with Crippen LogP contribution in [0, 0.1) is 18.7 Å². The fourth-order valence-electron chi connectivity index (χ4n) is 4.76. The smallest absolute Gasteiger partial charge is 0.417 e. The van der Waals surface area contributed by atoms with Crippen LogP contribution in [-0.2, 0) is 6.18 Å². The molecule has 0 radical (unpaired) electrons. The first-order valence-electron chi connectivity index (χ1n) is 11.1. The summed E-state index contributed by atoms with van der Waals surface area (Å²) in [6.45, 7) is 2.33. The molecule has 1 amide bonds. The van der Waals surface area contributed by atoms with E-state index >= 15 is 0 Å². The van der Waals surface area contributed by atoms with Gasteiger partial charge in [-0.3, -0.25) is 9.78 Å². The van der Waals surface area contributed by atoms with Crippen molar-refractivity contribution in [2.75, 3.05) is 6.54 Å². The normalized spacial score (nSPS) is 21.7. The van der Waals surface area contributed by atoms with Crippen molar-refractivity contribution >= 4 is 5.91 Å². The highest BCUT2D eigenvalue weighted by Crippen LogP contribution is 2.39. The van der Waals surface area contributed by atoms with Crippen LogP contribution in [0.1, 0.15) is 40.9 Å². The predicted molar refractivity (Wildman–Crippen MR) is 116 cm³/mol. The Labute approximate surface area is 198 Å². The average molecular weight is 487 g/mol. The summed E-state index contributed by atoms with van der Waals surface area (Å²) in [5.74, 6) is -0.463. The van der Waals surface area contributed by atoms with Crippen LogP contribution in [0.3, 0.4) is 0 Å². The lowest BCUT2D eigenvalue weighted by Crippen LogP contribution is -2.59. The van der Waals surface area contributed by atoms with E-state index in [9.17, 15) is 22.4 Å². The van der Waals surface area contributed by atoms with Crippen molar-refractivity contribution in [1.29, 1.82) is 0 Å². The van der Waals surface area contributed by atoms with E-state index in [1.807, 2.05) is 6.92 Å². The van der Waals surface area contributed by atoms with Crippen LogP contribution in [0.15, 0.2) is 43.0 Å². The molecule has 0 aromatic carbocycles. The maximum absolute atomic E-state index is 13.7. The number of hydrogen-bond acceptors (Lipinski definition) is 6. The van der Waals surface area contributed by atoms with Crippen molar-refractivity contribution < 1.29 is 27.1 Å². The summed E-state index contributed by atoms with van der Waals surface area (Å²) in [7, 11) is 0. The number of aromatic nitrogens is 4. The van der Waals surface area contributed by atoms with Gasteiger partial charge in [-0.15, -0.1) is 0 Å². The Morgan fingerprint density at radius 1 is 1.06 bits per heavy atom. The lowest BCUT2D eigenvalue weighted by Gasteiger charge is -2.49. The van der Waals surface area contributed by atoms with E-state index in [2.05, 4.69) is 19.9 Å². The van der Waals surface area contributed by atoms with Crippen molar-refractivity contribution in [2.45, 2.75) is 44.5 Å². The molecule has 6 rings (SSSR count). The first kappa shape index (κ1) is 23.1. The van der Waals surface area contributed by atoms with Crippen LogP contribution in [-0.4, -0.2) is 49.4 Å². The average Bonchev–Trinajstić information content (AvgIpc) is 2.84. The van der Waals surface area contributed by atoms with E-state index in [0.717, 1.165) is 36.6 Å². The Hall–Kier alpha value is -3.63. The molecule has 182 valence electrons. The Morgan fingerprint density at radius 2 is 1.83 bits per heavy atom. The standard InChI is InChI=1S/C24H21F4N5O2/c1-13-6-17(22-31-10-16(25)11-32-22)21(30-8-13)23(34)33-12-14-2-4-18(33)19(7-14)35-20-5-3-15(9-29-20)24(26,27)28/h3,5-6,8-11,14,18-19H,2,4,7,12H2,1H3/t14-,18-,19+/m0/s1. The van der Waals surface area contributed by atoms with Crippen LogP contribution in [0.4, 0.5) is 17.6 Å². The van der Waals surface area contributed by atoms with Gasteiger partial charge in [0.25, 0.3) is 5.91 Å². The summed E-state index contributed by atoms with van der Waals surface area (Å²) in [6, 6.07) is 3.57. The van der Waals surface area contributed by atoms with Gasteiger partial charge in [0.1, 0.15) is 11.8 Å². The first-order valence-corrected chi connectivity index (χ1v) is 11.1. The molecule has 3 atom stereocenters. The molecule has 3 aromatic heterocycles. The number of amides is 1. The van der Waals surface area contributed by atoms with Gasteiger partial charge in [0.05, 0.1) is 29.6 Å². The summed E-state index contributed by atoms with van der Waals surface area (Å²) < 4.78 is 57.8. The Kier molecular flexibility index (Phi) is 5.86. The molecule has 3 aromatic rings. The van der Waals surface area contributed by atoms with E-state index in [1.54, 1.807) is 17.2 Å². The SMILES string of the molecule is Cc1cnc(C(=O)N2C[C@H]3CC[C@H]2[C@H](Oc2ccc(C(F)(F)F)cn2)C3)c(-c2ncc(F)cn2)c1. The molecule has 35 heavy (non-hydrogen) atoms. The summed E-state index contributed by atoms with van der Waals surface area (Å²) in [4.78, 5) is 31.5. The number of piperidine rings is 2. The molecule has 11 heteroatoms. The lowest BCUT2D eigenvalue weighted by molar-refractivity contribution is -0.137. The molecule has 1 saturated carbocycles. The summed E-state index contributed by atoms with van der Waals surface area (Å²) in [5.41, 5.74) is 0.492. The van der Waals surface area contributed by atoms with Crippen molar-refractivity contribution in [3.63, 3.8) is 0 Å². The number of nitrogens with zero attached hydrogens (tertiary/aromatic N) is 5. The monoisotopic (exact) mass is 487 g/mol. The zero-order valence-corrected chi connectivity index (χ0v) is 18.7. The molecule has 3 aliphatic rings. The third-order valence-corrected chi connectivity index (χ3v) is 6.41. The third kappa shape index (κ3) is 4.67. The maximum atomic E-state index is 13.7. The largest absolute Gasteiger partial charge is 0.472 e. The van der Waals surface area contributed by atoms with Crippen LogP contribution in [0.25, 0.3) is 11.4 Å². The summed E-state index contributed by atoms with van der Waals surface area (Å²) in [5, 5.41) is 0. The molecule has 3 fully saturated rings. The van der Waals surface area contributed by atoms with Crippen LogP contribution >= 0.6 is 0 Å². The fraction of sp³-hybridized carbons (Fsp3) is 0.375. The third-order valence-electron chi connectivity index (χ3n) is 6.41. The Bertz CT molecular complexity index is 1230. The minimum Gasteiger partial charge on any atom is -0.472 e. The van der Waals surface area contributed by atoms with E-state index in [0.29, 0.717) is 24.9 Å². The molecule has 7 nitrogen and oxygen atoms in total. The Balaban J connectivity index is 1.40. The predicted octanol–water partition coefficient (Wildman–Crippen LogP) is 4.47. The van der Waals surface area contributed by atoms with Crippen LogP contribution < -0.4 is 4.74 Å². The molecule has 0 N–H and O–H groups in total. The summed E-state index contributed by atoms with van der Waals surface area (Å²) in [6.07, 6.45) is 1.77. The zero-order chi connectivity index (χ0) is 24.7. The summed E-state index contributed by atoms with van der Waals surface area (Å²) >= 11 is 0. The number of carbonyl (C=O) groups excluding carboxylic acids is 1. The highest BCUT2D eigenvalue weighted by molar-refractivity contribution is 5.98. The quantitative estimate of drug-likeness (QED) is 0.505. The van der Waals surface area contributed by atoms with Gasteiger partial charge in [0, 0.05) is 25.0 Å². The number of aryl methyl sites for hydroxylation is 1. The van der Waals surface area contributed by atoms with Gasteiger partial charge in [-0.1, -0.05) is 0 Å². The number of fused-ring (bicyclic) bond motifs is 3. The minimum absolute atomic E-state index is 0.0804. The van der Waals surface area contributed by atoms with Crippen LogP contribution in [0.5, 0.6) is 5.88 Å². The van der Waals surface area contributed by atoms with Crippen molar-refractivity contribution in [3.05, 3.63) is 65.6 Å². The minimum atomic E-state index is -4.48. The molecule has 1 aliphatic carbocycles. The lowest BCUT2D eigenvalue weighted by atomic mass is 9.77. The molecule has 0 spiro atoms. The van der Waals surface area contributed by atoms with E-state index in [-0.39, 0.29) is 35.3 Å². The van der Waals surface area contributed by atoms with E-state index in [1.165, 1.54) is 6.07 Å². The Morgan fingerprint density at radius 3 is 2.49 bits per heavy atom. The second-order valence-electron chi connectivity index (χ2n) is 8.88. The molecule has 2 bridgehead atoms. The van der Waals surface area contributed by atoms with Gasteiger partial charge in [-0.25, -0.2) is 19.3 Å². The number of carbonyl (C=O) groups is 1. The molecule has 2 aliphatic heterocycles. The second kappa shape index (κ2) is 8.86. The first-order chi connectivity index (χ1) is 16.7. The number of alkyl halides is 3. The topological polar surface area (TPSA) is 81.1 Å². The fourth-order valence-corrected chi connectivity index (χ4v) is 4.76. The molecule has 2 saturated heterocycles. The highest BCUT2D eigenvalue weighted by Gasteiger charge is 2.45. The van der Waals surface area contributed by atoms with Gasteiger partial charge in [0.15, 0.2) is 11.6 Å². The van der Waals surface area contributed by atoms with Gasteiger partial charge < -0.3 is 9.64 Å². The number of halogens is 4. The second-order valence-corrected chi connectivity index (χ2v) is 8.88. The molecular weight excluding hydrogens is 466 g/mol.